The maximum Gasteiger partial charge on any atom is 0.253 e. The molecule has 1 amide bonds. The van der Waals surface area contributed by atoms with Crippen LogP contribution >= 0.6 is 11.3 Å². The lowest BCUT2D eigenvalue weighted by molar-refractivity contribution is -0.141. The average molecular weight is 492 g/mol. The summed E-state index contributed by atoms with van der Waals surface area (Å²) >= 11 is 1.66. The van der Waals surface area contributed by atoms with E-state index in [-0.39, 0.29) is 18.6 Å². The number of hydrogen-bond donors (Lipinski definition) is 3. The highest BCUT2D eigenvalue weighted by Crippen LogP contribution is 2.47. The van der Waals surface area contributed by atoms with Gasteiger partial charge in [-0.1, -0.05) is 13.0 Å². The summed E-state index contributed by atoms with van der Waals surface area (Å²) in [5.74, 6) is 0.515. The largest absolute Gasteiger partial charge is 0.493 e. The first kappa shape index (κ1) is 24.7. The molecule has 3 N–H and O–H groups in total. The third-order valence-electron chi connectivity index (χ3n) is 7.07. The van der Waals surface area contributed by atoms with Crippen LogP contribution in [0.25, 0.3) is 0 Å². The summed E-state index contributed by atoms with van der Waals surface area (Å²) < 4.78 is 11.8. The minimum atomic E-state index is -1.46. The van der Waals surface area contributed by atoms with Crippen LogP contribution in [-0.2, 0) is 4.79 Å². The van der Waals surface area contributed by atoms with E-state index in [4.69, 9.17) is 9.47 Å². The van der Waals surface area contributed by atoms with Gasteiger partial charge in [0.15, 0.2) is 22.7 Å². The third kappa shape index (κ3) is 4.59. The number of aliphatic hydroxyl groups is 3. The Kier molecular flexibility index (Phi) is 7.04. The van der Waals surface area contributed by atoms with Crippen LogP contribution in [0, 0.1) is 12.3 Å². The van der Waals surface area contributed by atoms with Gasteiger partial charge in [0.1, 0.15) is 6.10 Å². The zero-order valence-corrected chi connectivity index (χ0v) is 20.8. The molecule has 0 spiro atoms. The Hall–Kier alpha value is -2.40. The molecule has 2 saturated heterocycles. The monoisotopic (exact) mass is 491 g/mol. The number of methoxy groups -OCH3 is 1. The number of amides is 1. The van der Waals surface area contributed by atoms with Crippen LogP contribution in [0.1, 0.15) is 30.2 Å². The molecule has 4 atom stereocenters. The number of benzene rings is 1. The molecule has 186 valence electrons. The SMILES string of the molecule is COc1ccc([C@@H]2CN(C(=O)C(O)CO)C[C@@]2(C)[C@@H](C)O)cc1OC1CN(c2ncc(C)s2)C1. The van der Waals surface area contributed by atoms with E-state index in [9.17, 15) is 20.1 Å². The predicted molar refractivity (Wildman–Crippen MR) is 129 cm³/mol. The van der Waals surface area contributed by atoms with E-state index in [2.05, 4.69) is 9.88 Å². The lowest BCUT2D eigenvalue weighted by Crippen LogP contribution is -2.54. The van der Waals surface area contributed by atoms with E-state index in [0.29, 0.717) is 18.0 Å². The highest BCUT2D eigenvalue weighted by Gasteiger charge is 2.49. The minimum absolute atomic E-state index is 0.00198. The molecule has 0 radical (unpaired) electrons. The quantitative estimate of drug-likeness (QED) is 0.508. The van der Waals surface area contributed by atoms with Gasteiger partial charge < -0.3 is 34.6 Å². The summed E-state index contributed by atoms with van der Waals surface area (Å²) in [6.45, 7) is 7.12. The first-order valence-electron chi connectivity index (χ1n) is 11.4. The summed E-state index contributed by atoms with van der Waals surface area (Å²) in [5.41, 5.74) is 0.284. The lowest BCUT2D eigenvalue weighted by atomic mass is 9.72. The van der Waals surface area contributed by atoms with Gasteiger partial charge in [0.05, 0.1) is 32.9 Å². The zero-order valence-electron chi connectivity index (χ0n) is 20.0. The number of nitrogens with zero attached hydrogens (tertiary/aromatic N) is 3. The van der Waals surface area contributed by atoms with Crippen molar-refractivity contribution in [3.05, 3.63) is 34.8 Å². The number of aryl methyl sites for hydroxylation is 1. The Labute approximate surface area is 203 Å². The molecule has 3 heterocycles. The molecule has 0 saturated carbocycles. The van der Waals surface area contributed by atoms with Gasteiger partial charge in [-0.2, -0.15) is 0 Å². The number of anilines is 1. The summed E-state index contributed by atoms with van der Waals surface area (Å²) in [6.07, 6.45) is -0.294. The van der Waals surface area contributed by atoms with Crippen molar-refractivity contribution in [3.8, 4) is 11.5 Å². The summed E-state index contributed by atoms with van der Waals surface area (Å²) in [7, 11) is 1.60. The number of aromatic nitrogens is 1. The Morgan fingerprint density at radius 1 is 1.29 bits per heavy atom. The number of hydrogen-bond acceptors (Lipinski definition) is 9. The number of ether oxygens (including phenoxy) is 2. The van der Waals surface area contributed by atoms with Gasteiger partial charge in [-0.25, -0.2) is 4.98 Å². The fourth-order valence-corrected chi connectivity index (χ4v) is 5.50. The molecule has 34 heavy (non-hydrogen) atoms. The van der Waals surface area contributed by atoms with Gasteiger partial charge in [-0.05, 0) is 31.5 Å². The zero-order chi connectivity index (χ0) is 24.6. The highest BCUT2D eigenvalue weighted by atomic mass is 32.1. The Morgan fingerprint density at radius 2 is 2.03 bits per heavy atom. The summed E-state index contributed by atoms with van der Waals surface area (Å²) in [5, 5.41) is 30.7. The van der Waals surface area contributed by atoms with Crippen molar-refractivity contribution < 1.29 is 29.6 Å². The molecule has 2 aliphatic rings. The Morgan fingerprint density at radius 3 is 2.62 bits per heavy atom. The smallest absolute Gasteiger partial charge is 0.253 e. The topological polar surface area (TPSA) is 116 Å². The molecule has 9 nitrogen and oxygen atoms in total. The Bertz CT molecular complexity index is 1020. The van der Waals surface area contributed by atoms with Gasteiger partial charge in [-0.15, -0.1) is 11.3 Å². The maximum atomic E-state index is 12.6. The fourth-order valence-electron chi connectivity index (χ4n) is 4.72. The van der Waals surface area contributed by atoms with Crippen molar-refractivity contribution in [3.63, 3.8) is 0 Å². The first-order valence-corrected chi connectivity index (χ1v) is 12.3. The molecule has 2 fully saturated rings. The molecular weight excluding hydrogens is 458 g/mol. The van der Waals surface area contributed by atoms with Crippen molar-refractivity contribution in [1.29, 1.82) is 0 Å². The van der Waals surface area contributed by atoms with Crippen LogP contribution in [0.2, 0.25) is 0 Å². The molecule has 2 aliphatic heterocycles. The number of thiazole rings is 1. The molecule has 0 bridgehead atoms. The summed E-state index contributed by atoms with van der Waals surface area (Å²) in [4.78, 5) is 21.8. The second kappa shape index (κ2) is 9.69. The number of likely N-dealkylation sites (tertiary alicyclic amines) is 1. The highest BCUT2D eigenvalue weighted by molar-refractivity contribution is 7.15. The molecule has 1 aromatic heterocycles. The van der Waals surface area contributed by atoms with Crippen molar-refractivity contribution in [2.45, 2.75) is 45.0 Å². The van der Waals surface area contributed by atoms with Crippen LogP contribution in [0.5, 0.6) is 11.5 Å². The molecule has 0 aliphatic carbocycles. The van der Waals surface area contributed by atoms with Crippen LogP contribution in [0.3, 0.4) is 0 Å². The Balaban J connectivity index is 1.53. The van der Waals surface area contributed by atoms with Crippen LogP contribution in [-0.4, -0.2) is 89.3 Å². The number of aliphatic hydroxyl groups excluding tert-OH is 3. The van der Waals surface area contributed by atoms with Crippen LogP contribution in [0.4, 0.5) is 5.13 Å². The van der Waals surface area contributed by atoms with E-state index >= 15 is 0 Å². The molecular formula is C24H33N3O6S. The molecule has 1 aromatic carbocycles. The summed E-state index contributed by atoms with van der Waals surface area (Å²) in [6, 6.07) is 5.70. The van der Waals surface area contributed by atoms with Gasteiger partial charge in [0, 0.05) is 35.5 Å². The normalized spacial score (nSPS) is 24.6. The van der Waals surface area contributed by atoms with Gasteiger partial charge in [-0.3, -0.25) is 4.79 Å². The van der Waals surface area contributed by atoms with Crippen molar-refractivity contribution in [1.82, 2.24) is 9.88 Å². The van der Waals surface area contributed by atoms with Crippen LogP contribution < -0.4 is 14.4 Å². The third-order valence-corrected chi connectivity index (χ3v) is 8.04. The van der Waals surface area contributed by atoms with E-state index in [0.717, 1.165) is 23.8 Å². The fraction of sp³-hybridized carbons (Fsp3) is 0.583. The predicted octanol–water partition coefficient (Wildman–Crippen LogP) is 1.39. The van der Waals surface area contributed by atoms with E-state index in [1.54, 1.807) is 25.4 Å². The number of carbonyl (C=O) groups excluding carboxylic acids is 1. The molecule has 10 heteroatoms. The van der Waals surface area contributed by atoms with Crippen molar-refractivity contribution in [2.75, 3.05) is 44.8 Å². The van der Waals surface area contributed by atoms with Crippen LogP contribution in [0.15, 0.2) is 24.4 Å². The minimum Gasteiger partial charge on any atom is -0.493 e. The lowest BCUT2D eigenvalue weighted by Gasteiger charge is -2.39. The molecule has 4 rings (SSSR count). The van der Waals surface area contributed by atoms with E-state index in [1.165, 1.54) is 9.78 Å². The van der Waals surface area contributed by atoms with Crippen molar-refractivity contribution in [2.24, 2.45) is 5.41 Å². The number of carbonyl (C=O) groups is 1. The first-order chi connectivity index (χ1) is 16.2. The maximum absolute atomic E-state index is 12.6. The van der Waals surface area contributed by atoms with E-state index in [1.807, 2.05) is 38.2 Å². The van der Waals surface area contributed by atoms with Crippen molar-refractivity contribution >= 4 is 22.4 Å². The second-order valence-corrected chi connectivity index (χ2v) is 10.7. The van der Waals surface area contributed by atoms with Gasteiger partial charge in [0.2, 0.25) is 0 Å². The second-order valence-electron chi connectivity index (χ2n) is 9.46. The number of rotatable bonds is 8. The standard InChI is InChI=1S/C24H33N3O6S/c1-14-8-25-23(34-14)26-9-17(10-26)33-21-7-16(5-6-20(21)32-4)18-11-27(22(31)19(30)12-28)13-24(18,3)15(2)29/h5-8,15,17-19,28-30H,9-13H2,1-4H3/t15-,18+,19?,24+/m1/s1. The van der Waals surface area contributed by atoms with E-state index < -0.39 is 30.1 Å². The molecule has 2 aromatic rings. The van der Waals surface area contributed by atoms with Gasteiger partial charge >= 0.3 is 0 Å². The average Bonchev–Trinajstić information content (AvgIpc) is 3.38. The van der Waals surface area contributed by atoms with Gasteiger partial charge in [0.25, 0.3) is 5.91 Å². The molecule has 1 unspecified atom stereocenters.